The minimum atomic E-state index is -0.771. The van der Waals surface area contributed by atoms with Crippen molar-refractivity contribution in [1.82, 2.24) is 44.9 Å². The molecular weight excluding hydrogens is 846 g/mol. The first-order chi connectivity index (χ1) is 31.8. The lowest BCUT2D eigenvalue weighted by Crippen LogP contribution is -2.51. The Labute approximate surface area is 381 Å². The molecular formula is C49H54FN9O7. The summed E-state index contributed by atoms with van der Waals surface area (Å²) in [6, 6.07) is 18.9. The number of aromatic amines is 2. The molecule has 344 valence electrons. The molecule has 4 N–H and O–H groups in total. The van der Waals surface area contributed by atoms with Gasteiger partial charge in [-0.1, -0.05) is 64.1 Å². The maximum absolute atomic E-state index is 16.8. The third-order valence-electron chi connectivity index (χ3n) is 13.0. The number of hydrogen-bond donors (Lipinski definition) is 4. The highest BCUT2D eigenvalue weighted by Crippen LogP contribution is 2.47. The summed E-state index contributed by atoms with van der Waals surface area (Å²) in [7, 11) is 2.54. The number of likely N-dealkylation sites (tertiary alicyclic amines) is 2. The highest BCUT2D eigenvalue weighted by molar-refractivity contribution is 5.93. The lowest BCUT2D eigenvalue weighted by atomic mass is 10.0. The summed E-state index contributed by atoms with van der Waals surface area (Å²) in [6.07, 6.45) is 4.41. The Balaban J connectivity index is 1.02. The van der Waals surface area contributed by atoms with Crippen LogP contribution >= 0.6 is 0 Å². The van der Waals surface area contributed by atoms with Crippen LogP contribution in [0.25, 0.3) is 44.7 Å². The fraction of sp³-hybridized carbons (Fsp3) is 0.388. The lowest BCUT2D eigenvalue weighted by molar-refractivity contribution is -0.136. The van der Waals surface area contributed by atoms with Gasteiger partial charge in [0.05, 0.1) is 66.9 Å². The van der Waals surface area contributed by atoms with Crippen molar-refractivity contribution in [2.45, 2.75) is 83.8 Å². The number of alkyl carbamates (subject to hydrolysis) is 2. The van der Waals surface area contributed by atoms with Gasteiger partial charge in [-0.15, -0.1) is 0 Å². The quantitative estimate of drug-likeness (QED) is 0.0993. The van der Waals surface area contributed by atoms with E-state index < -0.39 is 36.3 Å². The highest BCUT2D eigenvalue weighted by Gasteiger charge is 2.40. The molecule has 0 radical (unpaired) electrons. The molecule has 6 aromatic rings. The minimum Gasteiger partial charge on any atom is -0.465 e. The molecule has 2 fully saturated rings. The number of rotatable bonds is 11. The number of methoxy groups -OCH3 is 2. The number of imidazole rings is 2. The first-order valence-electron chi connectivity index (χ1n) is 22.5. The second-order valence-corrected chi connectivity index (χ2v) is 17.8. The predicted octanol–water partition coefficient (Wildman–Crippen LogP) is 8.26. The summed E-state index contributed by atoms with van der Waals surface area (Å²) >= 11 is 0. The van der Waals surface area contributed by atoms with Crippen LogP contribution in [-0.4, -0.2) is 97.7 Å². The lowest BCUT2D eigenvalue weighted by Gasteiger charge is -2.31. The number of halogens is 1. The third-order valence-corrected chi connectivity index (χ3v) is 13.0. The molecule has 0 bridgehead atoms. The fourth-order valence-electron chi connectivity index (χ4n) is 9.63. The van der Waals surface area contributed by atoms with E-state index in [0.29, 0.717) is 59.4 Å². The van der Waals surface area contributed by atoms with Gasteiger partial charge in [-0.25, -0.2) is 23.9 Å². The number of fused-ring (bicyclic) bond motifs is 5. The highest BCUT2D eigenvalue weighted by atomic mass is 19.1. The normalized spacial score (nSPS) is 18.8. The van der Waals surface area contributed by atoms with Crippen LogP contribution in [0, 0.1) is 17.7 Å². The largest absolute Gasteiger partial charge is 0.465 e. The van der Waals surface area contributed by atoms with E-state index in [1.165, 1.54) is 20.3 Å². The second kappa shape index (κ2) is 18.0. The van der Waals surface area contributed by atoms with Gasteiger partial charge in [0.25, 0.3) is 0 Å². The monoisotopic (exact) mass is 899 g/mol. The zero-order valence-electron chi connectivity index (χ0n) is 37.8. The Morgan fingerprint density at radius 3 is 1.85 bits per heavy atom. The van der Waals surface area contributed by atoms with E-state index in [4.69, 9.17) is 19.2 Å². The maximum atomic E-state index is 16.8. The van der Waals surface area contributed by atoms with Crippen LogP contribution in [-0.2, 0) is 19.1 Å². The Morgan fingerprint density at radius 2 is 1.30 bits per heavy atom. The summed E-state index contributed by atoms with van der Waals surface area (Å²) in [5.41, 5.74) is 5.42. The van der Waals surface area contributed by atoms with Gasteiger partial charge in [-0.3, -0.25) is 9.59 Å². The second-order valence-electron chi connectivity index (χ2n) is 17.8. The summed E-state index contributed by atoms with van der Waals surface area (Å²) in [5.74, 6) is 0.387. The third kappa shape index (κ3) is 8.11. The van der Waals surface area contributed by atoms with Gasteiger partial charge in [-0.2, -0.15) is 0 Å². The Bertz CT molecular complexity index is 2800. The Morgan fingerprint density at radius 1 is 0.742 bits per heavy atom. The van der Waals surface area contributed by atoms with Crippen LogP contribution in [0.15, 0.2) is 79.1 Å². The zero-order valence-corrected chi connectivity index (χ0v) is 37.8. The first-order valence-corrected chi connectivity index (χ1v) is 22.5. The minimum absolute atomic E-state index is 0.152. The molecule has 0 spiro atoms. The molecule has 0 aliphatic carbocycles. The molecule has 5 atom stereocenters. The summed E-state index contributed by atoms with van der Waals surface area (Å²) in [6.45, 7) is 8.55. The number of aromatic nitrogens is 5. The van der Waals surface area contributed by atoms with E-state index in [2.05, 4.69) is 25.6 Å². The molecule has 3 aliphatic heterocycles. The van der Waals surface area contributed by atoms with E-state index >= 15 is 4.39 Å². The molecule has 9 rings (SSSR count). The topological polar surface area (TPSA) is 189 Å². The number of carbonyl (C=O) groups excluding carboxylic acids is 4. The molecule has 66 heavy (non-hydrogen) atoms. The number of benzene rings is 3. The van der Waals surface area contributed by atoms with Gasteiger partial charge in [0.2, 0.25) is 18.0 Å². The van der Waals surface area contributed by atoms with Crippen LogP contribution in [0.2, 0.25) is 0 Å². The van der Waals surface area contributed by atoms with Gasteiger partial charge in [0.15, 0.2) is 0 Å². The molecule has 3 aromatic carbocycles. The molecule has 4 amide bonds. The molecule has 3 aromatic heterocycles. The van der Waals surface area contributed by atoms with Crippen molar-refractivity contribution < 1.29 is 37.8 Å². The van der Waals surface area contributed by atoms with E-state index in [1.54, 1.807) is 22.2 Å². The summed E-state index contributed by atoms with van der Waals surface area (Å²) in [4.78, 5) is 71.5. The van der Waals surface area contributed by atoms with Crippen molar-refractivity contribution in [2.75, 3.05) is 27.3 Å². The molecule has 3 aliphatic rings. The predicted molar refractivity (Wildman–Crippen MR) is 243 cm³/mol. The van der Waals surface area contributed by atoms with Gasteiger partial charge < -0.3 is 49.2 Å². The number of nitrogens with one attached hydrogen (secondary N) is 4. The standard InChI is InChI=1S/C49H54FN9O7/c1-26(2)41(55-48(62)64-5)45(60)57-18-10-14-36(57)43-51-24-33(53-43)29-16-17-35-31(20-29)22-38-40-32(50)21-30(23-39(40)66-47(59(35)38)28-12-8-7-9-13-28)34-25-52-44(54-34)37-15-11-19-58(37)46(61)42(27(3)4)56-49(63)65-6/h7-9,12-13,16-17,20-27,36-37,41-42,47H,10-11,14-15,18-19H2,1-6H3,(H,51,53)(H,52,54)(H,55,62)(H,56,63)/t36-,37-,41-,42-,47-/m0/s1. The molecule has 0 saturated carbocycles. The van der Waals surface area contributed by atoms with Crippen molar-refractivity contribution in [3.63, 3.8) is 0 Å². The first kappa shape index (κ1) is 44.1. The van der Waals surface area contributed by atoms with Gasteiger partial charge in [0, 0.05) is 35.2 Å². The molecule has 17 heteroatoms. The average molecular weight is 900 g/mol. The van der Waals surface area contributed by atoms with Crippen LogP contribution in [0.5, 0.6) is 5.75 Å². The average Bonchev–Trinajstić information content (AvgIpc) is 4.18. The number of amides is 4. The van der Waals surface area contributed by atoms with Crippen LogP contribution in [0.4, 0.5) is 14.0 Å². The van der Waals surface area contributed by atoms with E-state index in [1.807, 2.05) is 92.9 Å². The Kier molecular flexibility index (Phi) is 12.0. The van der Waals surface area contributed by atoms with Crippen LogP contribution in [0.3, 0.4) is 0 Å². The molecule has 0 unspecified atom stereocenters. The van der Waals surface area contributed by atoms with Crippen molar-refractivity contribution in [3.05, 3.63) is 102 Å². The van der Waals surface area contributed by atoms with Crippen molar-refractivity contribution in [2.24, 2.45) is 11.8 Å². The molecule has 2 saturated heterocycles. The van der Waals surface area contributed by atoms with Crippen molar-refractivity contribution >= 4 is 34.9 Å². The SMILES string of the molecule is COC(=O)N[C@H](C(=O)N1CCC[C@H]1c1ncc(-c2cc(F)c3c(c2)O[C@@H](c2ccccc2)n2c-3cc3cc(-c4cnc([C@@H]5CCCN5C(=O)[C@@H](NC(=O)OC)C(C)C)[nH]4)ccc32)[nH]1)C(C)C. The fourth-order valence-corrected chi connectivity index (χ4v) is 9.63. The Hall–Kier alpha value is -7.17. The maximum Gasteiger partial charge on any atom is 0.407 e. The number of ether oxygens (including phenoxy) is 3. The van der Waals surface area contributed by atoms with Gasteiger partial charge >= 0.3 is 12.2 Å². The number of hydrogen-bond acceptors (Lipinski definition) is 9. The van der Waals surface area contributed by atoms with E-state index in [9.17, 15) is 19.2 Å². The molecule has 6 heterocycles. The van der Waals surface area contributed by atoms with E-state index in [0.717, 1.165) is 47.0 Å². The smallest absolute Gasteiger partial charge is 0.407 e. The van der Waals surface area contributed by atoms with E-state index in [-0.39, 0.29) is 35.7 Å². The van der Waals surface area contributed by atoms with Crippen LogP contribution < -0.4 is 15.4 Å². The van der Waals surface area contributed by atoms with Crippen LogP contribution in [0.1, 0.15) is 88.9 Å². The molecule has 16 nitrogen and oxygen atoms in total. The summed E-state index contributed by atoms with van der Waals surface area (Å²) in [5, 5.41) is 6.24. The number of carbonyl (C=O) groups is 4. The zero-order chi connectivity index (χ0) is 46.4. The van der Waals surface area contributed by atoms with Crippen molar-refractivity contribution in [1.29, 1.82) is 0 Å². The van der Waals surface area contributed by atoms with Crippen molar-refractivity contribution in [3.8, 4) is 39.5 Å². The number of nitrogens with zero attached hydrogens (tertiary/aromatic N) is 5. The van der Waals surface area contributed by atoms with Gasteiger partial charge in [0.1, 0.15) is 35.3 Å². The number of H-pyrrole nitrogens is 2. The van der Waals surface area contributed by atoms with Gasteiger partial charge in [-0.05, 0) is 67.9 Å². The summed E-state index contributed by atoms with van der Waals surface area (Å²) < 4.78 is 35.2.